The molecule has 2 aromatic carbocycles. The standard InChI is InChI=1S/C42H62O3/c1-36(2,3)27-19-25(20-28(33(27)43)37(4,5)6)42(23-31(40(13,14)15)35(45)32(24-42)41(16,17)18)26-21-29(38(7,8)9)34(44)30(22-26)39(10,11)12/h19-24,43-44H,1-18H3. The number of ketones is 1. The topological polar surface area (TPSA) is 57.5 Å². The average molecular weight is 615 g/mol. The Morgan fingerprint density at radius 3 is 0.822 bits per heavy atom. The van der Waals surface area contributed by atoms with Crippen molar-refractivity contribution in [1.29, 1.82) is 0 Å². The van der Waals surface area contributed by atoms with Crippen molar-refractivity contribution in [2.24, 2.45) is 10.8 Å². The first kappa shape index (κ1) is 36.7. The summed E-state index contributed by atoms with van der Waals surface area (Å²) in [4.78, 5) is 14.4. The second-order valence-electron chi connectivity index (χ2n) is 19.7. The van der Waals surface area contributed by atoms with E-state index in [0.717, 1.165) is 44.5 Å². The van der Waals surface area contributed by atoms with E-state index in [1.165, 1.54) is 0 Å². The molecule has 2 N–H and O–H groups in total. The summed E-state index contributed by atoms with van der Waals surface area (Å²) in [5.41, 5.74) is 4.08. The molecule has 1 aliphatic carbocycles. The van der Waals surface area contributed by atoms with E-state index in [2.05, 4.69) is 161 Å². The summed E-state index contributed by atoms with van der Waals surface area (Å²) in [6.45, 7) is 38.3. The van der Waals surface area contributed by atoms with Gasteiger partial charge in [0.2, 0.25) is 0 Å². The molecule has 0 heterocycles. The van der Waals surface area contributed by atoms with Gasteiger partial charge in [-0.1, -0.05) is 161 Å². The highest BCUT2D eigenvalue weighted by Gasteiger charge is 2.45. The number of hydrogen-bond acceptors (Lipinski definition) is 3. The minimum Gasteiger partial charge on any atom is -0.507 e. The van der Waals surface area contributed by atoms with Crippen LogP contribution in [0.15, 0.2) is 47.6 Å². The van der Waals surface area contributed by atoms with Gasteiger partial charge in [0.15, 0.2) is 5.78 Å². The van der Waals surface area contributed by atoms with Crippen LogP contribution in [0.1, 0.15) is 158 Å². The van der Waals surface area contributed by atoms with E-state index >= 15 is 0 Å². The smallest absolute Gasteiger partial charge is 0.185 e. The molecule has 0 fully saturated rings. The van der Waals surface area contributed by atoms with Gasteiger partial charge in [-0.25, -0.2) is 0 Å². The molecule has 3 rings (SSSR count). The van der Waals surface area contributed by atoms with Crippen LogP contribution in [0.25, 0.3) is 0 Å². The monoisotopic (exact) mass is 614 g/mol. The molecule has 0 radical (unpaired) electrons. The van der Waals surface area contributed by atoms with Crippen LogP contribution in [-0.2, 0) is 31.9 Å². The van der Waals surface area contributed by atoms with Gasteiger partial charge in [-0.3, -0.25) is 4.79 Å². The predicted octanol–water partition coefficient (Wildman–Crippen LogP) is 11.1. The number of phenolic OH excluding ortho intramolecular Hbond substituents is 2. The van der Waals surface area contributed by atoms with Gasteiger partial charge in [-0.05, 0) is 65.9 Å². The Bertz CT molecular complexity index is 1360. The highest BCUT2D eigenvalue weighted by molar-refractivity contribution is 6.11. The van der Waals surface area contributed by atoms with Gasteiger partial charge in [0.05, 0.1) is 5.41 Å². The second kappa shape index (κ2) is 10.9. The third-order valence-corrected chi connectivity index (χ3v) is 9.26. The third-order valence-electron chi connectivity index (χ3n) is 9.26. The minimum absolute atomic E-state index is 0.0855. The van der Waals surface area contributed by atoms with E-state index in [4.69, 9.17) is 0 Å². The zero-order valence-electron chi connectivity index (χ0n) is 31.8. The van der Waals surface area contributed by atoms with Crippen LogP contribution in [0.3, 0.4) is 0 Å². The number of hydrogen-bond donors (Lipinski definition) is 2. The lowest BCUT2D eigenvalue weighted by Gasteiger charge is -2.42. The van der Waals surface area contributed by atoms with E-state index < -0.39 is 16.2 Å². The van der Waals surface area contributed by atoms with Crippen molar-refractivity contribution in [2.45, 2.75) is 152 Å². The van der Waals surface area contributed by atoms with Crippen molar-refractivity contribution >= 4 is 5.78 Å². The average Bonchev–Trinajstić information content (AvgIpc) is 2.80. The Labute approximate surface area is 275 Å². The molecule has 0 aliphatic heterocycles. The molecule has 0 amide bonds. The summed E-state index contributed by atoms with van der Waals surface area (Å²) in [6.07, 6.45) is 4.39. The summed E-state index contributed by atoms with van der Waals surface area (Å²) >= 11 is 0. The largest absolute Gasteiger partial charge is 0.507 e. The van der Waals surface area contributed by atoms with Crippen LogP contribution in [0.4, 0.5) is 0 Å². The maximum Gasteiger partial charge on any atom is 0.185 e. The zero-order valence-corrected chi connectivity index (χ0v) is 31.8. The zero-order chi connectivity index (χ0) is 35.1. The van der Waals surface area contributed by atoms with Crippen molar-refractivity contribution in [3.63, 3.8) is 0 Å². The van der Waals surface area contributed by atoms with Crippen LogP contribution < -0.4 is 0 Å². The summed E-state index contributed by atoms with van der Waals surface area (Å²) in [5.74, 6) is 0.747. The maximum absolute atomic E-state index is 14.4. The Morgan fingerprint density at radius 1 is 0.422 bits per heavy atom. The summed E-state index contributed by atoms with van der Waals surface area (Å²) in [6, 6.07) is 8.64. The van der Waals surface area contributed by atoms with Crippen LogP contribution in [0, 0.1) is 10.8 Å². The molecule has 248 valence electrons. The summed E-state index contributed by atoms with van der Waals surface area (Å²) < 4.78 is 0. The molecule has 0 saturated heterocycles. The first-order valence-electron chi connectivity index (χ1n) is 16.6. The van der Waals surface area contributed by atoms with Crippen molar-refractivity contribution < 1.29 is 15.0 Å². The van der Waals surface area contributed by atoms with Crippen molar-refractivity contribution in [3.05, 3.63) is 80.9 Å². The molecule has 2 aromatic rings. The van der Waals surface area contributed by atoms with Gasteiger partial charge in [-0.2, -0.15) is 0 Å². The molecule has 0 bridgehead atoms. The number of carbonyl (C=O) groups excluding carboxylic acids is 1. The number of phenols is 2. The number of rotatable bonds is 2. The lowest BCUT2D eigenvalue weighted by atomic mass is 9.60. The van der Waals surface area contributed by atoms with Crippen LogP contribution in [0.5, 0.6) is 11.5 Å². The molecule has 0 aromatic heterocycles. The fourth-order valence-electron chi connectivity index (χ4n) is 6.42. The molecule has 0 unspecified atom stereocenters. The summed E-state index contributed by atoms with van der Waals surface area (Å²) in [7, 11) is 0. The van der Waals surface area contributed by atoms with Crippen LogP contribution >= 0.6 is 0 Å². The lowest BCUT2D eigenvalue weighted by Crippen LogP contribution is -2.37. The van der Waals surface area contributed by atoms with Gasteiger partial charge in [0, 0.05) is 11.1 Å². The molecule has 45 heavy (non-hydrogen) atoms. The molecule has 3 nitrogen and oxygen atoms in total. The van der Waals surface area contributed by atoms with Crippen molar-refractivity contribution in [3.8, 4) is 11.5 Å². The van der Waals surface area contributed by atoms with Crippen LogP contribution in [0.2, 0.25) is 0 Å². The fraction of sp³-hybridized carbons (Fsp3) is 0.595. The second-order valence-corrected chi connectivity index (χ2v) is 19.7. The number of carbonyl (C=O) groups is 1. The molecular formula is C42H62O3. The van der Waals surface area contributed by atoms with E-state index in [9.17, 15) is 15.0 Å². The lowest BCUT2D eigenvalue weighted by molar-refractivity contribution is -0.114. The van der Waals surface area contributed by atoms with Gasteiger partial charge in [0.1, 0.15) is 11.5 Å². The Morgan fingerprint density at radius 2 is 0.644 bits per heavy atom. The Balaban J connectivity index is 2.82. The van der Waals surface area contributed by atoms with Gasteiger partial charge in [-0.15, -0.1) is 0 Å². The van der Waals surface area contributed by atoms with E-state index in [1.807, 2.05) is 0 Å². The molecule has 0 saturated carbocycles. The quantitative estimate of drug-likeness (QED) is 0.354. The fourth-order valence-corrected chi connectivity index (χ4v) is 6.42. The Kier molecular flexibility index (Phi) is 8.86. The SMILES string of the molecule is CC(C)(C)C1=CC(c2cc(C(C)(C)C)c(O)c(C(C)(C)C)c2)(c2cc(C(C)(C)C)c(O)c(C(C)(C)C)c2)C=C(C(C)(C)C)C1=O. The molecule has 0 atom stereocenters. The minimum atomic E-state index is -0.847. The number of aromatic hydroxyl groups is 2. The molecule has 1 aliphatic rings. The van der Waals surface area contributed by atoms with Gasteiger partial charge < -0.3 is 10.2 Å². The molecule has 3 heteroatoms. The van der Waals surface area contributed by atoms with Crippen LogP contribution in [-0.4, -0.2) is 16.0 Å². The first-order valence-corrected chi connectivity index (χ1v) is 16.6. The molecule has 0 spiro atoms. The highest BCUT2D eigenvalue weighted by atomic mass is 16.3. The van der Waals surface area contributed by atoms with Crippen molar-refractivity contribution in [1.82, 2.24) is 0 Å². The molecular weight excluding hydrogens is 552 g/mol. The van der Waals surface area contributed by atoms with E-state index in [-0.39, 0.29) is 27.4 Å². The normalized spacial score (nSPS) is 16.9. The van der Waals surface area contributed by atoms with Crippen molar-refractivity contribution in [2.75, 3.05) is 0 Å². The number of allylic oxidation sites excluding steroid dienone is 4. The van der Waals surface area contributed by atoms with Gasteiger partial charge in [0.25, 0.3) is 0 Å². The number of Topliss-reactive ketones (excluding diaryl/α,β-unsaturated/α-hetero) is 1. The maximum atomic E-state index is 14.4. The Hall–Kier alpha value is -2.81. The first-order chi connectivity index (χ1) is 19.8. The van der Waals surface area contributed by atoms with Gasteiger partial charge >= 0.3 is 0 Å². The van der Waals surface area contributed by atoms with E-state index in [0.29, 0.717) is 11.5 Å². The third kappa shape index (κ3) is 6.98. The number of benzene rings is 2. The predicted molar refractivity (Wildman–Crippen MR) is 192 cm³/mol. The van der Waals surface area contributed by atoms with E-state index in [1.54, 1.807) is 0 Å². The highest BCUT2D eigenvalue weighted by Crippen LogP contribution is 2.52. The summed E-state index contributed by atoms with van der Waals surface area (Å²) in [5, 5.41) is 23.5.